The number of aromatic nitrogens is 1. The molecule has 164 valence electrons. The molecule has 0 fully saturated rings. The molecular formula is C25H24BrN3O3. The van der Waals surface area contributed by atoms with Crippen molar-refractivity contribution in [2.75, 3.05) is 13.2 Å². The first-order valence-electron chi connectivity index (χ1n) is 10.4. The van der Waals surface area contributed by atoms with E-state index in [4.69, 9.17) is 24.9 Å². The fraction of sp³-hybridized carbons (Fsp3) is 0.280. The maximum absolute atomic E-state index is 6.30. The molecule has 2 aromatic carbocycles. The number of halogens is 1. The zero-order chi connectivity index (χ0) is 22.5. The second kappa shape index (κ2) is 7.52. The zero-order valence-corrected chi connectivity index (χ0v) is 19.8. The monoisotopic (exact) mass is 493 g/mol. The molecule has 0 amide bonds. The van der Waals surface area contributed by atoms with Gasteiger partial charge in [0.1, 0.15) is 23.9 Å². The second-order valence-corrected chi connectivity index (χ2v) is 10.0. The van der Waals surface area contributed by atoms with E-state index < -0.39 is 5.54 Å². The highest BCUT2D eigenvalue weighted by Crippen LogP contribution is 2.55. The Balaban J connectivity index is 1.67. The van der Waals surface area contributed by atoms with Gasteiger partial charge in [0.25, 0.3) is 6.02 Å². The molecule has 3 aromatic rings. The zero-order valence-electron chi connectivity index (χ0n) is 18.2. The number of nitrogens with two attached hydrogens (primary N) is 1. The Morgan fingerprint density at radius 3 is 2.62 bits per heavy atom. The minimum atomic E-state index is -0.842. The van der Waals surface area contributed by atoms with Gasteiger partial charge in [-0.05, 0) is 57.2 Å². The van der Waals surface area contributed by atoms with Gasteiger partial charge in [0, 0.05) is 29.1 Å². The number of hydrogen-bond acceptors (Lipinski definition) is 6. The summed E-state index contributed by atoms with van der Waals surface area (Å²) < 4.78 is 19.0. The lowest BCUT2D eigenvalue weighted by molar-refractivity contribution is 0.195. The van der Waals surface area contributed by atoms with Gasteiger partial charge in [-0.3, -0.25) is 4.98 Å². The van der Waals surface area contributed by atoms with Crippen LogP contribution in [0.5, 0.6) is 17.2 Å². The molecule has 0 saturated heterocycles. The van der Waals surface area contributed by atoms with E-state index >= 15 is 0 Å². The summed E-state index contributed by atoms with van der Waals surface area (Å²) in [4.78, 5) is 9.05. The van der Waals surface area contributed by atoms with E-state index in [2.05, 4.69) is 47.8 Å². The molecule has 32 heavy (non-hydrogen) atoms. The van der Waals surface area contributed by atoms with Crippen LogP contribution in [0.25, 0.3) is 11.1 Å². The van der Waals surface area contributed by atoms with Crippen LogP contribution in [0.4, 0.5) is 0 Å². The maximum atomic E-state index is 6.30. The summed E-state index contributed by atoms with van der Waals surface area (Å²) in [5.74, 6) is 2.15. The standard InChI is InChI=1S/C25H24BrN3O3/c1-24(2,3)13-30-20-9-8-19-21(22(20)26)25(14-31-23(27)29-25)17-11-15(6-7-18(17)32-19)16-5-4-10-28-12-16/h4-12H,13-14H2,1-3H3,(H2,27,29). The molecule has 0 saturated carbocycles. The van der Waals surface area contributed by atoms with Crippen LogP contribution >= 0.6 is 15.9 Å². The molecule has 0 radical (unpaired) electrons. The summed E-state index contributed by atoms with van der Waals surface area (Å²) in [6, 6.07) is 14.0. The van der Waals surface area contributed by atoms with Crippen molar-refractivity contribution in [2.24, 2.45) is 16.1 Å². The Labute approximate surface area is 195 Å². The second-order valence-electron chi connectivity index (χ2n) is 9.25. The Bertz CT molecular complexity index is 1220. The fourth-order valence-electron chi connectivity index (χ4n) is 4.02. The van der Waals surface area contributed by atoms with E-state index in [1.165, 1.54) is 0 Å². The van der Waals surface area contributed by atoms with E-state index in [1.807, 2.05) is 42.6 Å². The molecule has 3 heterocycles. The predicted molar refractivity (Wildman–Crippen MR) is 127 cm³/mol. The number of fused-ring (bicyclic) bond motifs is 4. The van der Waals surface area contributed by atoms with E-state index in [-0.39, 0.29) is 18.0 Å². The summed E-state index contributed by atoms with van der Waals surface area (Å²) in [6.07, 6.45) is 3.60. The first-order chi connectivity index (χ1) is 15.3. The van der Waals surface area contributed by atoms with Gasteiger partial charge < -0.3 is 19.9 Å². The van der Waals surface area contributed by atoms with Crippen molar-refractivity contribution in [3.63, 3.8) is 0 Å². The quantitative estimate of drug-likeness (QED) is 0.511. The fourth-order valence-corrected chi connectivity index (χ4v) is 4.79. The van der Waals surface area contributed by atoms with Gasteiger partial charge in [0.05, 0.1) is 11.1 Å². The maximum Gasteiger partial charge on any atom is 0.283 e. The molecule has 0 aliphatic carbocycles. The molecule has 1 spiro atoms. The normalized spacial score (nSPS) is 18.9. The lowest BCUT2D eigenvalue weighted by Gasteiger charge is -2.35. The van der Waals surface area contributed by atoms with Crippen LogP contribution in [0.2, 0.25) is 0 Å². The number of aliphatic imine (C=N–C) groups is 1. The van der Waals surface area contributed by atoms with Crippen molar-refractivity contribution in [1.29, 1.82) is 0 Å². The molecule has 6 nitrogen and oxygen atoms in total. The number of pyridine rings is 1. The van der Waals surface area contributed by atoms with Crippen LogP contribution in [0.1, 0.15) is 31.9 Å². The first kappa shape index (κ1) is 20.8. The van der Waals surface area contributed by atoms with Gasteiger partial charge in [-0.15, -0.1) is 0 Å². The molecule has 0 bridgehead atoms. The SMILES string of the molecule is CC(C)(C)COc1ccc2c(c1Br)C1(COC(N)=N1)c1cc(-c3cccnc3)ccc1O2. The van der Waals surface area contributed by atoms with Crippen LogP contribution in [0.15, 0.2) is 64.3 Å². The highest BCUT2D eigenvalue weighted by Gasteiger charge is 2.49. The first-order valence-corrected chi connectivity index (χ1v) is 11.2. The van der Waals surface area contributed by atoms with Crippen molar-refractivity contribution in [3.05, 3.63) is 70.5 Å². The lowest BCUT2D eigenvalue weighted by atomic mass is 9.80. The summed E-state index contributed by atoms with van der Waals surface area (Å²) in [7, 11) is 0. The van der Waals surface area contributed by atoms with Gasteiger partial charge >= 0.3 is 0 Å². The summed E-state index contributed by atoms with van der Waals surface area (Å²) in [6.45, 7) is 7.25. The van der Waals surface area contributed by atoms with Crippen LogP contribution in [0.3, 0.4) is 0 Å². The summed E-state index contributed by atoms with van der Waals surface area (Å²) in [5.41, 5.74) is 8.98. The van der Waals surface area contributed by atoms with Gasteiger partial charge in [-0.2, -0.15) is 0 Å². The van der Waals surface area contributed by atoms with Crippen LogP contribution in [-0.4, -0.2) is 24.2 Å². The number of amidine groups is 1. The molecule has 1 atom stereocenters. The minimum Gasteiger partial charge on any atom is -0.492 e. The van der Waals surface area contributed by atoms with Crippen molar-refractivity contribution < 1.29 is 14.2 Å². The number of hydrogen-bond donors (Lipinski definition) is 1. The largest absolute Gasteiger partial charge is 0.492 e. The molecule has 7 heteroatoms. The molecule has 2 N–H and O–H groups in total. The van der Waals surface area contributed by atoms with E-state index in [1.54, 1.807) is 6.20 Å². The molecule has 1 aromatic heterocycles. The smallest absolute Gasteiger partial charge is 0.283 e. The number of ether oxygens (including phenoxy) is 3. The topological polar surface area (TPSA) is 79.0 Å². The Kier molecular flexibility index (Phi) is 4.89. The van der Waals surface area contributed by atoms with Gasteiger partial charge in [0.15, 0.2) is 5.54 Å². The Hall–Kier alpha value is -3.06. The summed E-state index contributed by atoms with van der Waals surface area (Å²) >= 11 is 3.77. The lowest BCUT2D eigenvalue weighted by Crippen LogP contribution is -2.32. The highest BCUT2D eigenvalue weighted by atomic mass is 79.9. The molecule has 2 aliphatic heterocycles. The third kappa shape index (κ3) is 3.50. The van der Waals surface area contributed by atoms with Crippen molar-refractivity contribution in [3.8, 4) is 28.4 Å². The average Bonchev–Trinajstić information content (AvgIpc) is 3.15. The third-order valence-corrected chi connectivity index (χ3v) is 6.30. The van der Waals surface area contributed by atoms with Crippen LogP contribution < -0.4 is 15.2 Å². The van der Waals surface area contributed by atoms with Gasteiger partial charge in [0.2, 0.25) is 0 Å². The number of rotatable bonds is 3. The van der Waals surface area contributed by atoms with Gasteiger partial charge in [-0.1, -0.05) is 32.9 Å². The Morgan fingerprint density at radius 1 is 1.12 bits per heavy atom. The third-order valence-electron chi connectivity index (χ3n) is 5.51. The molecule has 2 aliphatic rings. The summed E-state index contributed by atoms with van der Waals surface area (Å²) in [5, 5.41) is 0. The van der Waals surface area contributed by atoms with Crippen molar-refractivity contribution in [2.45, 2.75) is 26.3 Å². The van der Waals surface area contributed by atoms with Crippen LogP contribution in [-0.2, 0) is 10.3 Å². The highest BCUT2D eigenvalue weighted by molar-refractivity contribution is 9.10. The van der Waals surface area contributed by atoms with E-state index in [0.717, 1.165) is 38.2 Å². The van der Waals surface area contributed by atoms with Crippen molar-refractivity contribution in [1.82, 2.24) is 4.98 Å². The van der Waals surface area contributed by atoms with Crippen molar-refractivity contribution >= 4 is 22.0 Å². The molecule has 5 rings (SSSR count). The predicted octanol–water partition coefficient (Wildman–Crippen LogP) is 5.63. The van der Waals surface area contributed by atoms with E-state index in [0.29, 0.717) is 12.4 Å². The average molecular weight is 494 g/mol. The molecule has 1 unspecified atom stereocenters. The Morgan fingerprint density at radius 2 is 1.94 bits per heavy atom. The number of benzene rings is 2. The van der Waals surface area contributed by atoms with E-state index in [9.17, 15) is 0 Å². The van der Waals surface area contributed by atoms with Gasteiger partial charge in [-0.25, -0.2) is 4.99 Å². The van der Waals surface area contributed by atoms with Crippen LogP contribution in [0, 0.1) is 5.41 Å². The molecular weight excluding hydrogens is 470 g/mol. The number of nitrogens with zero attached hydrogens (tertiary/aromatic N) is 2. The minimum absolute atomic E-state index is 0.0216.